The molecule has 0 radical (unpaired) electrons. The third kappa shape index (κ3) is 3.44. The molecule has 0 aromatic heterocycles. The number of benzene rings is 1. The van der Waals surface area contributed by atoms with Crippen molar-refractivity contribution in [1.82, 2.24) is 5.01 Å². The van der Waals surface area contributed by atoms with Crippen LogP contribution in [0.2, 0.25) is 0 Å². The van der Waals surface area contributed by atoms with E-state index in [1.54, 1.807) is 6.07 Å². The summed E-state index contributed by atoms with van der Waals surface area (Å²) >= 11 is 0. The van der Waals surface area contributed by atoms with E-state index in [0.717, 1.165) is 25.9 Å². The van der Waals surface area contributed by atoms with Crippen LogP contribution in [0.4, 0.5) is 5.69 Å². The molecule has 1 aromatic rings. The summed E-state index contributed by atoms with van der Waals surface area (Å²) in [6.45, 7) is 1.80. The Balaban J connectivity index is 2.23. The van der Waals surface area contributed by atoms with Gasteiger partial charge in [0.1, 0.15) is 6.23 Å². The molecule has 0 saturated carbocycles. The number of nitrogens with two attached hydrogens (primary N) is 1. The van der Waals surface area contributed by atoms with Gasteiger partial charge in [0.2, 0.25) is 0 Å². The normalized spacial score (nSPS) is 18.0. The number of rotatable bonds is 4. The van der Waals surface area contributed by atoms with Crippen molar-refractivity contribution in [2.45, 2.75) is 25.5 Å². The molecular weight excluding hydrogens is 246 g/mol. The number of aliphatic hydroxyl groups excluding tert-OH is 1. The van der Waals surface area contributed by atoms with Gasteiger partial charge in [-0.15, -0.1) is 0 Å². The Morgan fingerprint density at radius 2 is 2.00 bits per heavy atom. The minimum atomic E-state index is -1.13. The average Bonchev–Trinajstić information content (AvgIpc) is 2.39. The number of carbonyl (C=O) groups is 1. The Labute approximate surface area is 111 Å². The average molecular weight is 265 g/mol. The zero-order valence-corrected chi connectivity index (χ0v) is 10.7. The Morgan fingerprint density at radius 1 is 1.32 bits per heavy atom. The lowest BCUT2D eigenvalue weighted by Crippen LogP contribution is -2.35. The van der Waals surface area contributed by atoms with E-state index in [1.165, 1.54) is 18.6 Å². The molecule has 1 unspecified atom stereocenters. The lowest BCUT2D eigenvalue weighted by molar-refractivity contribution is 0.0696. The molecule has 104 valence electrons. The van der Waals surface area contributed by atoms with Crippen LogP contribution in [0.1, 0.15) is 41.4 Å². The van der Waals surface area contributed by atoms with E-state index in [9.17, 15) is 9.90 Å². The van der Waals surface area contributed by atoms with E-state index in [0.29, 0.717) is 11.3 Å². The van der Waals surface area contributed by atoms with Gasteiger partial charge in [-0.05, 0) is 25.0 Å². The lowest BCUT2D eigenvalue weighted by Gasteiger charge is -2.29. The van der Waals surface area contributed by atoms with Gasteiger partial charge in [0.15, 0.2) is 0 Å². The van der Waals surface area contributed by atoms with Gasteiger partial charge in [-0.3, -0.25) is 0 Å². The number of nitrogens with one attached hydrogen (secondary N) is 1. The van der Waals surface area contributed by atoms with Gasteiger partial charge in [0.05, 0.1) is 11.3 Å². The zero-order valence-electron chi connectivity index (χ0n) is 10.7. The van der Waals surface area contributed by atoms with Crippen LogP contribution in [0.25, 0.3) is 0 Å². The number of nitrogens with zero attached hydrogens (tertiary/aromatic N) is 1. The molecule has 1 saturated heterocycles. The molecule has 5 N–H and O–H groups in total. The molecule has 0 spiro atoms. The number of piperidine rings is 1. The number of hydrogen-bond donors (Lipinski definition) is 4. The van der Waals surface area contributed by atoms with Gasteiger partial charge in [-0.2, -0.15) is 0 Å². The van der Waals surface area contributed by atoms with E-state index in [2.05, 4.69) is 5.43 Å². The van der Waals surface area contributed by atoms with Crippen LogP contribution in [0.5, 0.6) is 0 Å². The van der Waals surface area contributed by atoms with Crippen LogP contribution in [0.15, 0.2) is 18.2 Å². The highest BCUT2D eigenvalue weighted by Gasteiger charge is 2.16. The fourth-order valence-corrected chi connectivity index (χ4v) is 2.22. The molecule has 19 heavy (non-hydrogen) atoms. The first-order valence-electron chi connectivity index (χ1n) is 6.40. The van der Waals surface area contributed by atoms with E-state index < -0.39 is 12.2 Å². The van der Waals surface area contributed by atoms with Gasteiger partial charge in [-0.1, -0.05) is 12.5 Å². The van der Waals surface area contributed by atoms with Crippen LogP contribution in [-0.2, 0) is 0 Å². The van der Waals surface area contributed by atoms with Crippen molar-refractivity contribution in [1.29, 1.82) is 0 Å². The van der Waals surface area contributed by atoms with Crippen molar-refractivity contribution in [3.63, 3.8) is 0 Å². The third-order valence-corrected chi connectivity index (χ3v) is 3.25. The Hall–Kier alpha value is -1.63. The molecular formula is C13H19N3O3. The number of hydrazine groups is 1. The van der Waals surface area contributed by atoms with Crippen LogP contribution < -0.4 is 11.2 Å². The van der Waals surface area contributed by atoms with Gasteiger partial charge >= 0.3 is 5.97 Å². The smallest absolute Gasteiger partial charge is 0.335 e. The summed E-state index contributed by atoms with van der Waals surface area (Å²) in [6.07, 6.45) is 2.29. The number of carboxylic acid groups (broad SMARTS) is 1. The van der Waals surface area contributed by atoms with Crippen molar-refractivity contribution >= 4 is 11.7 Å². The van der Waals surface area contributed by atoms with E-state index >= 15 is 0 Å². The van der Waals surface area contributed by atoms with Gasteiger partial charge < -0.3 is 21.4 Å². The number of carboxylic acids is 1. The molecule has 1 aliphatic heterocycles. The number of aliphatic hydroxyl groups is 1. The maximum atomic E-state index is 11.0. The number of hydrogen-bond acceptors (Lipinski definition) is 5. The van der Waals surface area contributed by atoms with Crippen LogP contribution in [0, 0.1) is 0 Å². The highest BCUT2D eigenvalue weighted by molar-refractivity contribution is 5.89. The molecule has 6 heteroatoms. The van der Waals surface area contributed by atoms with Gasteiger partial charge in [-0.25, -0.2) is 9.80 Å². The van der Waals surface area contributed by atoms with E-state index in [-0.39, 0.29) is 5.56 Å². The van der Waals surface area contributed by atoms with Gasteiger partial charge in [0.25, 0.3) is 0 Å². The zero-order chi connectivity index (χ0) is 13.8. The lowest BCUT2D eigenvalue weighted by atomic mass is 10.1. The Morgan fingerprint density at radius 3 is 2.58 bits per heavy atom. The molecule has 6 nitrogen and oxygen atoms in total. The molecule has 0 bridgehead atoms. The second-order valence-electron chi connectivity index (χ2n) is 4.71. The van der Waals surface area contributed by atoms with Crippen molar-refractivity contribution in [2.75, 3.05) is 18.5 Å². The second kappa shape index (κ2) is 6.01. The predicted molar refractivity (Wildman–Crippen MR) is 71.6 cm³/mol. The number of anilines is 1. The van der Waals surface area contributed by atoms with Crippen molar-refractivity contribution in [3.8, 4) is 0 Å². The molecule has 1 heterocycles. The summed E-state index contributed by atoms with van der Waals surface area (Å²) in [5.74, 6) is -1.00. The largest absolute Gasteiger partial charge is 0.478 e. The van der Waals surface area contributed by atoms with Gasteiger partial charge in [0, 0.05) is 18.7 Å². The first-order valence-corrected chi connectivity index (χ1v) is 6.40. The van der Waals surface area contributed by atoms with Crippen molar-refractivity contribution in [3.05, 3.63) is 29.3 Å². The molecule has 2 rings (SSSR count). The summed E-state index contributed by atoms with van der Waals surface area (Å²) in [5.41, 5.74) is 9.87. The predicted octanol–water partition coefficient (Wildman–Crippen LogP) is 1.15. The quantitative estimate of drug-likeness (QED) is 0.609. The highest BCUT2D eigenvalue weighted by Crippen LogP contribution is 2.23. The molecule has 1 atom stereocenters. The van der Waals surface area contributed by atoms with Crippen LogP contribution >= 0.6 is 0 Å². The Kier molecular flexibility index (Phi) is 4.36. The summed E-state index contributed by atoms with van der Waals surface area (Å²) in [5, 5.41) is 20.6. The monoisotopic (exact) mass is 265 g/mol. The first-order chi connectivity index (χ1) is 9.08. The summed E-state index contributed by atoms with van der Waals surface area (Å²) in [4.78, 5) is 11.0. The third-order valence-electron chi connectivity index (χ3n) is 3.25. The van der Waals surface area contributed by atoms with E-state index in [1.807, 2.05) is 5.01 Å². The summed E-state index contributed by atoms with van der Waals surface area (Å²) in [7, 11) is 0. The maximum absolute atomic E-state index is 11.0. The minimum absolute atomic E-state index is 0.170. The second-order valence-corrected chi connectivity index (χ2v) is 4.71. The maximum Gasteiger partial charge on any atom is 0.335 e. The fourth-order valence-electron chi connectivity index (χ4n) is 2.22. The molecule has 1 fully saturated rings. The van der Waals surface area contributed by atoms with Crippen molar-refractivity contribution < 1.29 is 15.0 Å². The summed E-state index contributed by atoms with van der Waals surface area (Å²) in [6, 6.07) is 4.48. The fraction of sp³-hybridized carbons (Fsp3) is 0.462. The van der Waals surface area contributed by atoms with E-state index in [4.69, 9.17) is 10.8 Å². The first kappa shape index (κ1) is 13.8. The van der Waals surface area contributed by atoms with Crippen molar-refractivity contribution in [2.24, 2.45) is 5.73 Å². The van der Waals surface area contributed by atoms with Crippen LogP contribution in [0.3, 0.4) is 0 Å². The summed E-state index contributed by atoms with van der Waals surface area (Å²) < 4.78 is 0. The minimum Gasteiger partial charge on any atom is -0.478 e. The standard InChI is InChI=1S/C13H19N3O3/c14-12(17)10-5-4-9(13(18)19)8-11(10)15-16-6-2-1-3-7-16/h4-5,8,12,15,17H,1-3,6-7,14H2,(H,18,19). The number of aromatic carboxylic acids is 1. The topological polar surface area (TPSA) is 98.8 Å². The molecule has 0 aliphatic carbocycles. The molecule has 0 amide bonds. The highest BCUT2D eigenvalue weighted by atomic mass is 16.4. The van der Waals surface area contributed by atoms with Crippen LogP contribution in [-0.4, -0.2) is 34.3 Å². The molecule has 1 aliphatic rings. The molecule has 1 aromatic carbocycles. The Bertz CT molecular complexity index is 456. The SMILES string of the molecule is NC(O)c1ccc(C(=O)O)cc1NN1CCCCC1.